The molecule has 2 aliphatic rings. The predicted octanol–water partition coefficient (Wildman–Crippen LogP) is 4.42. The maximum absolute atomic E-state index is 11.8. The van der Waals surface area contributed by atoms with E-state index in [9.17, 15) is 9.90 Å². The first-order valence-corrected chi connectivity index (χ1v) is 10.9. The van der Waals surface area contributed by atoms with Crippen molar-refractivity contribution < 1.29 is 19.4 Å². The topological polar surface area (TPSA) is 80.7 Å². The normalized spacial score (nSPS) is 18.4. The van der Waals surface area contributed by atoms with Crippen LogP contribution in [0.5, 0.6) is 16.7 Å². The van der Waals surface area contributed by atoms with E-state index in [1.54, 1.807) is 18.3 Å². The molecule has 4 rings (SSSR count). The first-order chi connectivity index (χ1) is 13.9. The number of rotatable bonds is 9. The van der Waals surface area contributed by atoms with Gasteiger partial charge in [0.1, 0.15) is 17.1 Å². The zero-order valence-electron chi connectivity index (χ0n) is 16.1. The van der Waals surface area contributed by atoms with E-state index >= 15 is 0 Å². The number of thiazole rings is 1. The number of aliphatic hydroxyl groups is 1. The van der Waals surface area contributed by atoms with E-state index in [1.165, 1.54) is 24.2 Å². The van der Waals surface area contributed by atoms with Crippen LogP contribution in [-0.2, 0) is 4.79 Å². The van der Waals surface area contributed by atoms with Gasteiger partial charge in [0, 0.05) is 18.3 Å². The molecule has 154 valence electrons. The van der Waals surface area contributed by atoms with E-state index < -0.39 is 5.60 Å². The van der Waals surface area contributed by atoms with Gasteiger partial charge >= 0.3 is 0 Å². The van der Waals surface area contributed by atoms with Crippen LogP contribution in [0.4, 0.5) is 0 Å². The Labute approximate surface area is 178 Å². The highest BCUT2D eigenvalue weighted by Gasteiger charge is 2.48. The van der Waals surface area contributed by atoms with E-state index in [1.807, 2.05) is 25.1 Å². The molecule has 1 amide bonds. The van der Waals surface area contributed by atoms with Gasteiger partial charge in [-0.3, -0.25) is 4.79 Å². The van der Waals surface area contributed by atoms with Gasteiger partial charge in [0.05, 0.1) is 16.5 Å². The first kappa shape index (κ1) is 20.2. The van der Waals surface area contributed by atoms with Gasteiger partial charge in [-0.15, -0.1) is 0 Å². The van der Waals surface area contributed by atoms with Gasteiger partial charge in [0.2, 0.25) is 0 Å². The Kier molecular flexibility index (Phi) is 5.81. The molecule has 1 heterocycles. The summed E-state index contributed by atoms with van der Waals surface area (Å²) >= 11 is 7.68. The Morgan fingerprint density at radius 1 is 1.48 bits per heavy atom. The second kappa shape index (κ2) is 8.34. The highest BCUT2D eigenvalue weighted by molar-refractivity contribution is 7.14. The van der Waals surface area contributed by atoms with Crippen molar-refractivity contribution in [2.45, 2.75) is 44.2 Å². The molecule has 2 aromatic rings. The minimum absolute atomic E-state index is 0.198. The molecule has 2 N–H and O–H groups in total. The van der Waals surface area contributed by atoms with E-state index in [2.05, 4.69) is 10.3 Å². The summed E-state index contributed by atoms with van der Waals surface area (Å²) in [4.78, 5) is 17.0. The minimum atomic E-state index is -1.16. The molecule has 6 nitrogen and oxygen atoms in total. The molecule has 0 spiro atoms. The van der Waals surface area contributed by atoms with Crippen molar-refractivity contribution >= 4 is 34.9 Å². The smallest absolute Gasteiger partial charge is 0.279 e. The van der Waals surface area contributed by atoms with Crippen molar-refractivity contribution in [3.63, 3.8) is 0 Å². The second-order valence-corrected chi connectivity index (χ2v) is 9.06. The Morgan fingerprint density at radius 3 is 2.97 bits per heavy atom. The summed E-state index contributed by atoms with van der Waals surface area (Å²) in [5.41, 5.74) is -1.16. The fourth-order valence-electron chi connectivity index (χ4n) is 2.61. The number of hydrogen-bond donors (Lipinski definition) is 2. The highest BCUT2D eigenvalue weighted by Crippen LogP contribution is 2.36. The fraction of sp³-hybridized carbons (Fsp3) is 0.429. The van der Waals surface area contributed by atoms with Crippen LogP contribution in [0.1, 0.15) is 37.5 Å². The summed E-state index contributed by atoms with van der Waals surface area (Å²) in [7, 11) is 0. The van der Waals surface area contributed by atoms with E-state index in [-0.39, 0.29) is 11.9 Å². The second-order valence-electron chi connectivity index (χ2n) is 7.63. The van der Waals surface area contributed by atoms with Gasteiger partial charge < -0.3 is 19.9 Å². The molecule has 1 atom stereocenters. The Hall–Kier alpha value is -2.09. The third-order valence-corrected chi connectivity index (χ3v) is 5.98. The van der Waals surface area contributed by atoms with Gasteiger partial charge in [-0.25, -0.2) is 4.98 Å². The van der Waals surface area contributed by atoms with Crippen LogP contribution in [-0.4, -0.2) is 34.2 Å². The molecule has 2 saturated carbocycles. The summed E-state index contributed by atoms with van der Waals surface area (Å²) < 4.78 is 11.5. The zero-order chi connectivity index (χ0) is 20.4. The summed E-state index contributed by atoms with van der Waals surface area (Å²) in [6, 6.07) is 5.18. The summed E-state index contributed by atoms with van der Waals surface area (Å²) in [5.74, 6) is 1.63. The van der Waals surface area contributed by atoms with Crippen LogP contribution in [0.2, 0.25) is 5.02 Å². The Morgan fingerprint density at radius 2 is 2.28 bits per heavy atom. The van der Waals surface area contributed by atoms with Gasteiger partial charge in [-0.05, 0) is 56.7 Å². The molecule has 0 bridgehead atoms. The summed E-state index contributed by atoms with van der Waals surface area (Å²) in [6.07, 6.45) is 8.94. The molecule has 0 radical (unpaired) electrons. The SMILES string of the molecule is C[C@@H](/C=C/c1cnc(Oc2ccc(OCC3CC3)cc2Cl)s1)NC(=O)C1(O)CC1. The van der Waals surface area contributed by atoms with Gasteiger partial charge in [-0.2, -0.15) is 0 Å². The molecule has 1 aromatic heterocycles. The van der Waals surface area contributed by atoms with Crippen LogP contribution in [0.25, 0.3) is 6.08 Å². The number of ether oxygens (including phenoxy) is 2. The van der Waals surface area contributed by atoms with Crippen molar-refractivity contribution in [3.05, 3.63) is 40.4 Å². The average Bonchev–Trinajstić information content (AvgIpc) is 3.61. The molecule has 0 unspecified atom stereocenters. The molecule has 2 aliphatic carbocycles. The third kappa shape index (κ3) is 5.50. The van der Waals surface area contributed by atoms with Crippen LogP contribution in [0.15, 0.2) is 30.5 Å². The lowest BCUT2D eigenvalue weighted by Gasteiger charge is -2.12. The standard InChI is InChI=1S/C21H23ClN2O4S/c1-13(24-19(25)21(26)8-9-21)2-6-16-11-23-20(29-16)28-18-7-5-15(10-17(18)22)27-12-14-3-4-14/h2,5-7,10-11,13-14,26H,3-4,8-9,12H2,1H3,(H,24,25)/b6-2+/t13-/m0/s1. The number of nitrogens with one attached hydrogen (secondary N) is 1. The fourth-order valence-corrected chi connectivity index (χ4v) is 3.51. The third-order valence-electron chi connectivity index (χ3n) is 4.84. The predicted molar refractivity (Wildman–Crippen MR) is 113 cm³/mol. The molecule has 8 heteroatoms. The lowest BCUT2D eigenvalue weighted by atomic mass is 10.2. The van der Waals surface area contributed by atoms with Crippen molar-refractivity contribution in [2.75, 3.05) is 6.61 Å². The lowest BCUT2D eigenvalue weighted by Crippen LogP contribution is -2.40. The van der Waals surface area contributed by atoms with Crippen LogP contribution in [0.3, 0.4) is 0 Å². The van der Waals surface area contributed by atoms with E-state index in [0.29, 0.717) is 34.7 Å². The van der Waals surface area contributed by atoms with E-state index in [0.717, 1.165) is 17.2 Å². The highest BCUT2D eigenvalue weighted by atomic mass is 35.5. The molecular formula is C21H23ClN2O4S. The number of halogens is 1. The number of carbonyl (C=O) groups excluding carboxylic acids is 1. The van der Waals surface area contributed by atoms with Crippen LogP contribution >= 0.6 is 22.9 Å². The number of hydrogen-bond acceptors (Lipinski definition) is 6. The number of benzene rings is 1. The molecule has 29 heavy (non-hydrogen) atoms. The van der Waals surface area contributed by atoms with Crippen molar-refractivity contribution in [2.24, 2.45) is 5.92 Å². The average molecular weight is 435 g/mol. The molecular weight excluding hydrogens is 412 g/mol. The Bertz CT molecular complexity index is 921. The van der Waals surface area contributed by atoms with Crippen molar-refractivity contribution in [1.29, 1.82) is 0 Å². The van der Waals surface area contributed by atoms with Gasteiger partial charge in [-0.1, -0.05) is 29.0 Å². The van der Waals surface area contributed by atoms with Gasteiger partial charge in [0.15, 0.2) is 0 Å². The Balaban J connectivity index is 1.31. The summed E-state index contributed by atoms with van der Waals surface area (Å²) in [6.45, 7) is 2.59. The summed E-state index contributed by atoms with van der Waals surface area (Å²) in [5, 5.41) is 13.5. The number of nitrogens with zero attached hydrogens (tertiary/aromatic N) is 1. The largest absolute Gasteiger partial charge is 0.493 e. The molecule has 2 fully saturated rings. The maximum atomic E-state index is 11.8. The number of carbonyl (C=O) groups is 1. The zero-order valence-corrected chi connectivity index (χ0v) is 17.6. The molecule has 0 saturated heterocycles. The van der Waals surface area contributed by atoms with Crippen LogP contribution < -0.4 is 14.8 Å². The van der Waals surface area contributed by atoms with Crippen molar-refractivity contribution in [3.8, 4) is 16.7 Å². The molecule has 0 aliphatic heterocycles. The quantitative estimate of drug-likeness (QED) is 0.610. The lowest BCUT2D eigenvalue weighted by molar-refractivity contribution is -0.131. The minimum Gasteiger partial charge on any atom is -0.493 e. The maximum Gasteiger partial charge on any atom is 0.279 e. The van der Waals surface area contributed by atoms with E-state index in [4.69, 9.17) is 21.1 Å². The number of amides is 1. The number of aromatic nitrogens is 1. The van der Waals surface area contributed by atoms with Crippen molar-refractivity contribution in [1.82, 2.24) is 10.3 Å². The van der Waals surface area contributed by atoms with Gasteiger partial charge in [0.25, 0.3) is 11.1 Å². The first-order valence-electron chi connectivity index (χ1n) is 9.69. The molecule has 1 aromatic carbocycles. The monoisotopic (exact) mass is 434 g/mol. The van der Waals surface area contributed by atoms with Crippen LogP contribution in [0, 0.1) is 5.92 Å².